The van der Waals surface area contributed by atoms with Gasteiger partial charge in [-0.05, 0) is 44.0 Å². The Labute approximate surface area is 95.7 Å². The lowest BCUT2D eigenvalue weighted by molar-refractivity contribution is 0.176. The zero-order valence-corrected chi connectivity index (χ0v) is 9.78. The molecule has 0 saturated heterocycles. The molecule has 2 atom stereocenters. The van der Waals surface area contributed by atoms with Crippen LogP contribution >= 0.6 is 0 Å². The number of hydrogen-bond donors (Lipinski definition) is 1. The molecule has 3 heteroatoms. The van der Waals surface area contributed by atoms with Crippen LogP contribution in [0.4, 0.5) is 10.1 Å². The van der Waals surface area contributed by atoms with Gasteiger partial charge in [-0.3, -0.25) is 0 Å². The minimum absolute atomic E-state index is 0.188. The zero-order chi connectivity index (χ0) is 11.7. The Morgan fingerprint density at radius 1 is 1.56 bits per heavy atom. The molecular weight excluding hydrogens is 205 g/mol. The van der Waals surface area contributed by atoms with Crippen LogP contribution in [0.15, 0.2) is 18.2 Å². The Bertz CT molecular complexity index is 378. The van der Waals surface area contributed by atoms with Crippen LogP contribution in [0.1, 0.15) is 31.7 Å². The predicted octanol–water partition coefficient (Wildman–Crippen LogP) is 2.52. The monoisotopic (exact) mass is 223 g/mol. The van der Waals surface area contributed by atoms with Crippen LogP contribution in [0.25, 0.3) is 0 Å². The SMILES string of the molecule is CCN1CC(CC(C)O)c2cc(F)ccc21. The quantitative estimate of drug-likeness (QED) is 0.851. The molecule has 2 unspecified atom stereocenters. The van der Waals surface area contributed by atoms with E-state index in [1.165, 1.54) is 6.07 Å². The topological polar surface area (TPSA) is 23.5 Å². The number of nitrogens with zero attached hydrogens (tertiary/aromatic N) is 1. The first-order chi connectivity index (χ1) is 7.61. The van der Waals surface area contributed by atoms with Crippen LogP contribution in [-0.2, 0) is 0 Å². The van der Waals surface area contributed by atoms with Gasteiger partial charge in [0.1, 0.15) is 5.82 Å². The van der Waals surface area contributed by atoms with Crippen molar-refractivity contribution in [3.8, 4) is 0 Å². The molecule has 1 heterocycles. The molecule has 0 spiro atoms. The number of likely N-dealkylation sites (N-methyl/N-ethyl adjacent to an activating group) is 1. The molecule has 0 saturated carbocycles. The molecule has 2 rings (SSSR count). The highest BCUT2D eigenvalue weighted by Gasteiger charge is 2.28. The van der Waals surface area contributed by atoms with E-state index in [9.17, 15) is 9.50 Å². The van der Waals surface area contributed by atoms with Crippen molar-refractivity contribution in [3.63, 3.8) is 0 Å². The minimum atomic E-state index is -0.335. The fraction of sp³-hybridized carbons (Fsp3) is 0.538. The van der Waals surface area contributed by atoms with Crippen LogP contribution in [0.5, 0.6) is 0 Å². The molecule has 2 nitrogen and oxygen atoms in total. The molecule has 1 aromatic rings. The van der Waals surface area contributed by atoms with Gasteiger partial charge in [-0.25, -0.2) is 4.39 Å². The molecule has 0 bridgehead atoms. The number of aliphatic hydroxyl groups excluding tert-OH is 1. The number of rotatable bonds is 3. The van der Waals surface area contributed by atoms with Gasteiger partial charge < -0.3 is 10.0 Å². The number of anilines is 1. The van der Waals surface area contributed by atoms with Gasteiger partial charge in [0.2, 0.25) is 0 Å². The standard InChI is InChI=1S/C13H18FNO/c1-3-15-8-10(6-9(2)16)12-7-11(14)4-5-13(12)15/h4-5,7,9-10,16H,3,6,8H2,1-2H3. The molecule has 16 heavy (non-hydrogen) atoms. The first-order valence-corrected chi connectivity index (χ1v) is 5.84. The predicted molar refractivity (Wildman–Crippen MR) is 63.3 cm³/mol. The van der Waals surface area contributed by atoms with Crippen molar-refractivity contribution in [1.29, 1.82) is 0 Å². The number of aliphatic hydroxyl groups is 1. The maximum atomic E-state index is 13.2. The first-order valence-electron chi connectivity index (χ1n) is 5.84. The summed E-state index contributed by atoms with van der Waals surface area (Å²) >= 11 is 0. The number of fused-ring (bicyclic) bond motifs is 1. The van der Waals surface area contributed by atoms with Crippen LogP contribution in [0.3, 0.4) is 0 Å². The van der Waals surface area contributed by atoms with Crippen molar-refractivity contribution < 1.29 is 9.50 Å². The molecule has 1 aliphatic heterocycles. The van der Waals surface area contributed by atoms with Gasteiger partial charge in [0, 0.05) is 24.7 Å². The summed E-state index contributed by atoms with van der Waals surface area (Å²) in [7, 11) is 0. The van der Waals surface area contributed by atoms with Crippen LogP contribution < -0.4 is 4.90 Å². The Hall–Kier alpha value is -1.09. The lowest BCUT2D eigenvalue weighted by Gasteiger charge is -2.17. The average molecular weight is 223 g/mol. The van der Waals surface area contributed by atoms with E-state index >= 15 is 0 Å². The fourth-order valence-corrected chi connectivity index (χ4v) is 2.52. The van der Waals surface area contributed by atoms with E-state index in [0.29, 0.717) is 6.42 Å². The fourth-order valence-electron chi connectivity index (χ4n) is 2.52. The van der Waals surface area contributed by atoms with Gasteiger partial charge in [-0.2, -0.15) is 0 Å². The summed E-state index contributed by atoms with van der Waals surface area (Å²) in [6.45, 7) is 5.70. The largest absolute Gasteiger partial charge is 0.393 e. The third kappa shape index (κ3) is 2.05. The van der Waals surface area contributed by atoms with Gasteiger partial charge in [-0.15, -0.1) is 0 Å². The third-order valence-corrected chi connectivity index (χ3v) is 3.22. The summed E-state index contributed by atoms with van der Waals surface area (Å²) in [5, 5.41) is 9.45. The Balaban J connectivity index is 2.31. The van der Waals surface area contributed by atoms with Gasteiger partial charge in [0.15, 0.2) is 0 Å². The summed E-state index contributed by atoms with van der Waals surface area (Å²) in [5.74, 6) is 0.0675. The summed E-state index contributed by atoms with van der Waals surface area (Å²) in [4.78, 5) is 2.24. The summed E-state index contributed by atoms with van der Waals surface area (Å²) in [6.07, 6.45) is 0.366. The van der Waals surface area contributed by atoms with E-state index in [1.807, 2.05) is 6.07 Å². The molecule has 0 amide bonds. The van der Waals surface area contributed by atoms with Crippen molar-refractivity contribution in [2.75, 3.05) is 18.0 Å². The lowest BCUT2D eigenvalue weighted by atomic mass is 9.95. The average Bonchev–Trinajstić information content (AvgIpc) is 2.55. The van der Waals surface area contributed by atoms with E-state index in [2.05, 4.69) is 11.8 Å². The molecule has 0 aromatic heterocycles. The summed E-state index contributed by atoms with van der Waals surface area (Å²) < 4.78 is 13.2. The van der Waals surface area contributed by atoms with Crippen molar-refractivity contribution in [1.82, 2.24) is 0 Å². The molecule has 1 aromatic carbocycles. The van der Waals surface area contributed by atoms with Gasteiger partial charge in [0.05, 0.1) is 6.10 Å². The van der Waals surface area contributed by atoms with Gasteiger partial charge in [-0.1, -0.05) is 0 Å². The molecular formula is C13H18FNO. The highest BCUT2D eigenvalue weighted by molar-refractivity contribution is 5.60. The number of benzene rings is 1. The third-order valence-electron chi connectivity index (χ3n) is 3.22. The van der Waals surface area contributed by atoms with Crippen LogP contribution in [0, 0.1) is 5.82 Å². The van der Waals surface area contributed by atoms with Gasteiger partial charge >= 0.3 is 0 Å². The van der Waals surface area contributed by atoms with Crippen molar-refractivity contribution in [2.24, 2.45) is 0 Å². The summed E-state index contributed by atoms with van der Waals surface area (Å²) in [6, 6.07) is 4.96. The second-order valence-electron chi connectivity index (χ2n) is 4.52. The molecule has 0 radical (unpaired) electrons. The van der Waals surface area contributed by atoms with Crippen LogP contribution in [-0.4, -0.2) is 24.3 Å². The van der Waals surface area contributed by atoms with Gasteiger partial charge in [0.25, 0.3) is 0 Å². The zero-order valence-electron chi connectivity index (χ0n) is 9.78. The van der Waals surface area contributed by atoms with E-state index in [-0.39, 0.29) is 17.8 Å². The molecule has 1 aliphatic rings. The molecule has 1 N–H and O–H groups in total. The Morgan fingerprint density at radius 2 is 2.31 bits per heavy atom. The second kappa shape index (κ2) is 4.42. The van der Waals surface area contributed by atoms with E-state index in [4.69, 9.17) is 0 Å². The van der Waals surface area contributed by atoms with E-state index in [1.54, 1.807) is 13.0 Å². The molecule has 0 fully saturated rings. The highest BCUT2D eigenvalue weighted by Crippen LogP contribution is 2.38. The van der Waals surface area contributed by atoms with E-state index < -0.39 is 0 Å². The van der Waals surface area contributed by atoms with Crippen molar-refractivity contribution in [2.45, 2.75) is 32.3 Å². The summed E-state index contributed by atoms with van der Waals surface area (Å²) in [5.41, 5.74) is 2.16. The maximum Gasteiger partial charge on any atom is 0.123 e. The Morgan fingerprint density at radius 3 is 2.94 bits per heavy atom. The van der Waals surface area contributed by atoms with E-state index in [0.717, 1.165) is 24.3 Å². The maximum absolute atomic E-state index is 13.2. The number of halogens is 1. The lowest BCUT2D eigenvalue weighted by Crippen LogP contribution is -2.22. The van der Waals surface area contributed by atoms with Crippen molar-refractivity contribution in [3.05, 3.63) is 29.6 Å². The minimum Gasteiger partial charge on any atom is -0.393 e. The van der Waals surface area contributed by atoms with Crippen LogP contribution in [0.2, 0.25) is 0 Å². The number of hydrogen-bond acceptors (Lipinski definition) is 2. The second-order valence-corrected chi connectivity index (χ2v) is 4.52. The molecule has 88 valence electrons. The highest BCUT2D eigenvalue weighted by atomic mass is 19.1. The van der Waals surface area contributed by atoms with Crippen molar-refractivity contribution >= 4 is 5.69 Å². The normalized spacial score (nSPS) is 21.0. The first kappa shape index (κ1) is 11.4. The Kier molecular flexibility index (Phi) is 3.15. The molecule has 0 aliphatic carbocycles. The smallest absolute Gasteiger partial charge is 0.123 e.